The topological polar surface area (TPSA) is 261 Å². The summed E-state index contributed by atoms with van der Waals surface area (Å²) in [7, 11) is 10.1. The number of epoxide rings is 1. The number of carbonyl (C=O) groups is 8. The molecular weight excluding hydrogens is 1230 g/mol. The zero-order valence-corrected chi connectivity index (χ0v) is 56.2. The van der Waals surface area contributed by atoms with E-state index >= 15 is 0 Å². The summed E-state index contributed by atoms with van der Waals surface area (Å²) >= 11 is 6.90. The first-order valence-corrected chi connectivity index (χ1v) is 32.8. The van der Waals surface area contributed by atoms with Gasteiger partial charge in [-0.3, -0.25) is 28.8 Å². The van der Waals surface area contributed by atoms with E-state index in [4.69, 9.17) is 49.9 Å². The van der Waals surface area contributed by atoms with Crippen LogP contribution in [0.4, 0.5) is 10.5 Å². The number of ether oxygens (including phenoxy) is 7. The number of esters is 1. The van der Waals surface area contributed by atoms with E-state index in [9.17, 15) is 38.4 Å². The Balaban J connectivity index is 0.804. The molecule has 6 heterocycles. The molecule has 0 radical (unpaired) electrons. The van der Waals surface area contributed by atoms with Gasteiger partial charge in [-0.1, -0.05) is 72.7 Å². The fourth-order valence-corrected chi connectivity index (χ4v) is 14.7. The van der Waals surface area contributed by atoms with E-state index < -0.39 is 83.3 Å². The Kier molecular flexibility index (Phi) is 21.3. The molecule has 2 N–H and O–H groups in total. The number of carboxylic acids is 1. The number of nitrogens with zero attached hydrogens (tertiary/aromatic N) is 7. The van der Waals surface area contributed by atoms with Gasteiger partial charge in [0.1, 0.15) is 40.2 Å². The maximum atomic E-state index is 14.6. The number of aliphatic carboxylic acids is 1. The molecule has 4 fully saturated rings. The molecule has 1 saturated carbocycles. The van der Waals surface area contributed by atoms with E-state index in [1.54, 1.807) is 50.1 Å². The number of hydrogen-bond donors (Lipinski definition) is 2. The average molecular weight is 1320 g/mol. The first-order valence-electron chi connectivity index (χ1n) is 32.4. The van der Waals surface area contributed by atoms with E-state index in [1.807, 2.05) is 24.0 Å². The maximum Gasteiger partial charge on any atom is 0.408 e. The minimum Gasteiger partial charge on any atom is -0.495 e. The third-order valence-corrected chi connectivity index (χ3v) is 20.7. The second-order valence-corrected chi connectivity index (χ2v) is 26.4. The number of halogens is 1. The van der Waals surface area contributed by atoms with E-state index in [2.05, 4.69) is 70.4 Å². The van der Waals surface area contributed by atoms with Gasteiger partial charge in [0.15, 0.2) is 5.60 Å². The number of para-hydroxylation sites is 1. The second kappa shape index (κ2) is 28.9. The summed E-state index contributed by atoms with van der Waals surface area (Å²) in [6.07, 6.45) is 9.42. The number of benzene rings is 2. The van der Waals surface area contributed by atoms with E-state index in [0.717, 1.165) is 23.1 Å². The lowest BCUT2D eigenvalue weighted by atomic mass is 9.84. The first kappa shape index (κ1) is 69.4. The van der Waals surface area contributed by atoms with Gasteiger partial charge < -0.3 is 67.7 Å². The van der Waals surface area contributed by atoms with Crippen molar-refractivity contribution in [3.8, 4) is 5.75 Å². The summed E-state index contributed by atoms with van der Waals surface area (Å²) in [5.74, 6) is -3.83. The van der Waals surface area contributed by atoms with Crippen LogP contribution in [0.1, 0.15) is 108 Å². The summed E-state index contributed by atoms with van der Waals surface area (Å²) in [6, 6.07) is 10.5. The number of piperidine rings is 1. The van der Waals surface area contributed by atoms with Crippen molar-refractivity contribution in [2.24, 2.45) is 5.92 Å². The summed E-state index contributed by atoms with van der Waals surface area (Å²) in [5.41, 5.74) is 2.55. The third-order valence-electron chi connectivity index (χ3n) is 20.3. The van der Waals surface area contributed by atoms with Crippen LogP contribution in [0.3, 0.4) is 0 Å². The van der Waals surface area contributed by atoms with Gasteiger partial charge in [0.25, 0.3) is 0 Å². The van der Waals surface area contributed by atoms with Gasteiger partial charge in [-0.25, -0.2) is 19.6 Å². The summed E-state index contributed by atoms with van der Waals surface area (Å²) in [5, 5.41) is 17.6. The number of aryl methyl sites for hydroxylation is 1. The third kappa shape index (κ3) is 14.0. The maximum absolute atomic E-state index is 14.6. The molecule has 9 atom stereocenters. The van der Waals surface area contributed by atoms with Crippen molar-refractivity contribution < 1.29 is 76.6 Å². The Morgan fingerprint density at radius 1 is 0.926 bits per heavy atom. The molecule has 25 heteroatoms. The number of likely N-dealkylation sites (N-methyl/N-ethyl adjacent to an activating group) is 2. The zero-order valence-electron chi connectivity index (χ0n) is 55.5. The number of ketones is 1. The number of nitrogens with one attached hydrogen (secondary N) is 1. The monoisotopic (exact) mass is 1320 g/mol. The number of hydrazine groups is 1. The smallest absolute Gasteiger partial charge is 0.408 e. The van der Waals surface area contributed by atoms with Crippen LogP contribution in [0.5, 0.6) is 5.75 Å². The molecule has 1 spiro atoms. The molecule has 2 aromatic carbocycles. The summed E-state index contributed by atoms with van der Waals surface area (Å²) in [4.78, 5) is 116. The van der Waals surface area contributed by atoms with Crippen molar-refractivity contribution in [1.82, 2.24) is 34.6 Å². The normalized spacial score (nSPS) is 27.6. The number of hydrogen-bond acceptors (Lipinski definition) is 17. The number of anilines is 1. The molecule has 508 valence electrons. The van der Waals surface area contributed by atoms with E-state index in [0.29, 0.717) is 56.9 Å². The van der Waals surface area contributed by atoms with Crippen LogP contribution in [0.2, 0.25) is 5.02 Å². The number of Topliss-reactive ketones (excluding diaryl/α,β-unsaturated/α-hetero) is 1. The first-order chi connectivity index (χ1) is 44.9. The van der Waals surface area contributed by atoms with Gasteiger partial charge in [0, 0.05) is 121 Å². The molecule has 3 aromatic rings. The van der Waals surface area contributed by atoms with Crippen LogP contribution >= 0.6 is 11.6 Å². The largest absolute Gasteiger partial charge is 0.495 e. The number of aromatic nitrogens is 1. The molecule has 5 amide bonds. The molecule has 94 heavy (non-hydrogen) atoms. The van der Waals surface area contributed by atoms with Gasteiger partial charge in [0.05, 0.1) is 70.8 Å². The van der Waals surface area contributed by atoms with Gasteiger partial charge in [-0.2, -0.15) is 0 Å². The van der Waals surface area contributed by atoms with Crippen molar-refractivity contribution in [1.29, 1.82) is 0 Å². The van der Waals surface area contributed by atoms with Crippen LogP contribution in [0, 0.1) is 5.92 Å². The van der Waals surface area contributed by atoms with Crippen LogP contribution < -0.4 is 15.0 Å². The molecule has 10 rings (SSSR count). The highest BCUT2D eigenvalue weighted by atomic mass is 35.5. The van der Waals surface area contributed by atoms with Crippen molar-refractivity contribution in [3.05, 3.63) is 106 Å². The van der Waals surface area contributed by atoms with Gasteiger partial charge >= 0.3 is 18.0 Å². The molecule has 7 aliphatic rings. The Morgan fingerprint density at radius 2 is 1.65 bits per heavy atom. The van der Waals surface area contributed by atoms with Crippen molar-refractivity contribution in [2.45, 2.75) is 158 Å². The number of amides is 5. The number of rotatable bonds is 22. The number of fused-ring (bicyclic) bond motifs is 7. The van der Waals surface area contributed by atoms with Crippen molar-refractivity contribution >= 4 is 75.6 Å². The number of methoxy groups -OCH3 is 2. The fraction of sp³-hybridized carbons (Fsp3) is 0.565. The molecule has 4 bridgehead atoms. The number of allylic oxidation sites excluding steroid dienone is 6. The van der Waals surface area contributed by atoms with E-state index in [-0.39, 0.29) is 99.8 Å². The minimum absolute atomic E-state index is 0.0156. The quantitative estimate of drug-likeness (QED) is 0.0589. The standard InChI is InChI=1S/C69H89ClN8O16/c1-42-16-15-27-69(89-10)65(86)68(69)40-53(92-66(87)71-68)43(2)63-67(4,94-63)54(39-58(82)74(7)50-37-45(36-42)38-52(88-9)61(50)70)93-64(85)44(3)73(6)55(79)21-22-57(81)77(31-33-91-35-34-90-32-26-59(83)84)47-23-28-76(29-24-47)56(80)25-30-78-49-20-14-13-19-48(49)60-51(78)41-72(5)75(8)62(60)46-17-11-12-18-46/h11-17,19-20,27,37-38,43-44,47,53-54,62-63H,18,21-26,28-36,39-41H2,1-10H3,(H,71,87)(H,83,84)/b27-15+,42-16+/t43-,44-,53+,54+,62?,63?,67+,68+,69-/m1/s1. The Bertz CT molecular complexity index is 3560. The Morgan fingerprint density at radius 3 is 2.35 bits per heavy atom. The van der Waals surface area contributed by atoms with Crippen LogP contribution in [-0.4, -0.2) is 217 Å². The predicted octanol–water partition coefficient (Wildman–Crippen LogP) is 6.89. The molecule has 24 nitrogen and oxygen atoms in total. The van der Waals surface area contributed by atoms with Gasteiger partial charge in [-0.15, -0.1) is 0 Å². The highest BCUT2D eigenvalue weighted by Crippen LogP contribution is 2.56. The highest BCUT2D eigenvalue weighted by molar-refractivity contribution is 6.35. The second-order valence-electron chi connectivity index (χ2n) is 26.0. The number of carbonyl (C=O) groups excluding carboxylic acids is 7. The number of alkyl carbamates (subject to hydrolysis) is 1. The van der Waals surface area contributed by atoms with Crippen molar-refractivity contribution in [2.75, 3.05) is 93.4 Å². The minimum atomic E-state index is -1.49. The van der Waals surface area contributed by atoms with Crippen LogP contribution in [0.25, 0.3) is 10.9 Å². The zero-order chi connectivity index (χ0) is 67.6. The number of likely N-dealkylation sites (tertiary alicyclic amines) is 1. The SMILES string of the molecule is COc1cc2cc(c1Cl)N(C)C(=O)C[C@H](OC(=O)[C@@H](C)N(C)C(=O)CCC(=O)N(CCOCCOCCC(=O)O)C1CCN(C(=O)CCn3c4c(c5ccccc53)C(C3=CC=CC3)N(C)N(C)C4)CC1)[C@]1(C)OC1[C@H](C)[C@@H]1C[C@]3(NC(=O)O1)C(=O)[C@]3(OC)/C=C/C=C(\C)C2. The molecule has 1 aromatic heterocycles. The summed E-state index contributed by atoms with van der Waals surface area (Å²) in [6.45, 7) is 9.51. The van der Waals surface area contributed by atoms with Crippen LogP contribution in [0.15, 0.2) is 84.0 Å². The fourth-order valence-electron chi connectivity index (χ4n) is 14.4. The molecular formula is C69H89ClN8O16. The van der Waals surface area contributed by atoms with Gasteiger partial charge in [0.2, 0.25) is 29.4 Å². The highest BCUT2D eigenvalue weighted by Gasteiger charge is 2.81. The summed E-state index contributed by atoms with van der Waals surface area (Å²) < 4.78 is 43.6. The Hall–Kier alpha value is -7.45. The van der Waals surface area contributed by atoms with Crippen molar-refractivity contribution in [3.63, 3.8) is 0 Å². The lowest BCUT2D eigenvalue weighted by molar-refractivity contribution is -0.162. The van der Waals surface area contributed by atoms with Crippen LogP contribution in [-0.2, 0) is 81.5 Å². The average Bonchev–Trinajstić information content (AvgIpc) is 1.50. The molecule has 2 aliphatic carbocycles. The molecule has 5 aliphatic heterocycles. The van der Waals surface area contributed by atoms with E-state index in [1.165, 1.54) is 60.2 Å². The lowest BCUT2D eigenvalue weighted by Crippen LogP contribution is -2.55. The predicted molar refractivity (Wildman–Crippen MR) is 347 cm³/mol. The lowest BCUT2D eigenvalue weighted by Gasteiger charge is -2.41. The number of carboxylic acid groups (broad SMARTS) is 1. The van der Waals surface area contributed by atoms with Gasteiger partial charge in [-0.05, 0) is 81.9 Å². The molecule has 3 saturated heterocycles. The Labute approximate surface area is 553 Å². The molecule has 2 unspecified atom stereocenters.